The topological polar surface area (TPSA) is 49.6 Å². The van der Waals surface area contributed by atoms with Crippen molar-refractivity contribution in [2.45, 2.75) is 16.2 Å². The second kappa shape index (κ2) is 4.95. The molecule has 1 heterocycles. The van der Waals surface area contributed by atoms with Crippen molar-refractivity contribution in [1.29, 1.82) is 5.26 Å². The second-order valence-corrected chi connectivity index (χ2v) is 5.92. The van der Waals surface area contributed by atoms with Crippen LogP contribution in [0.15, 0.2) is 31.9 Å². The van der Waals surface area contributed by atoms with Crippen molar-refractivity contribution >= 4 is 39.2 Å². The van der Waals surface area contributed by atoms with Crippen LogP contribution in [-0.2, 0) is 0 Å². The molecule has 2 aromatic rings. The van der Waals surface area contributed by atoms with Crippen molar-refractivity contribution in [1.82, 2.24) is 9.36 Å². The van der Waals surface area contributed by atoms with Gasteiger partial charge in [0.2, 0.25) is 0 Å². The lowest BCUT2D eigenvalue weighted by atomic mass is 10.2. The maximum atomic E-state index is 9.01. The molecular weight excluding hydrogens is 306 g/mol. The molecule has 0 aliphatic carbocycles. The lowest BCUT2D eigenvalue weighted by Crippen LogP contribution is -1.81. The van der Waals surface area contributed by atoms with Crippen LogP contribution in [0.25, 0.3) is 0 Å². The summed E-state index contributed by atoms with van der Waals surface area (Å²) in [6.45, 7) is 1.85. The number of halogens is 1. The predicted molar refractivity (Wildman–Crippen MR) is 67.6 cm³/mol. The standard InChI is InChI=1S/C10H6BrN3S2/c1-6-13-10(16-14-6)15-9-3-2-8(11)4-7(9)5-12/h2-4H,1H3. The Morgan fingerprint density at radius 2 is 2.31 bits per heavy atom. The molecule has 3 nitrogen and oxygen atoms in total. The number of aromatic nitrogens is 2. The Kier molecular flexibility index (Phi) is 3.59. The Labute approximate surface area is 110 Å². The molecule has 0 fully saturated rings. The lowest BCUT2D eigenvalue weighted by Gasteiger charge is -2.00. The van der Waals surface area contributed by atoms with Gasteiger partial charge in [-0.2, -0.15) is 9.64 Å². The molecule has 80 valence electrons. The van der Waals surface area contributed by atoms with Gasteiger partial charge in [-0.3, -0.25) is 0 Å². The molecule has 0 saturated heterocycles. The first kappa shape index (κ1) is 11.6. The van der Waals surface area contributed by atoms with E-state index in [0.29, 0.717) is 5.56 Å². The number of benzene rings is 1. The minimum atomic E-state index is 0.646. The summed E-state index contributed by atoms with van der Waals surface area (Å²) in [7, 11) is 0. The highest BCUT2D eigenvalue weighted by atomic mass is 79.9. The third kappa shape index (κ3) is 2.61. The zero-order valence-electron chi connectivity index (χ0n) is 8.27. The van der Waals surface area contributed by atoms with Gasteiger partial charge in [0.1, 0.15) is 11.9 Å². The van der Waals surface area contributed by atoms with Gasteiger partial charge in [-0.1, -0.05) is 27.7 Å². The van der Waals surface area contributed by atoms with E-state index < -0.39 is 0 Å². The van der Waals surface area contributed by atoms with Crippen LogP contribution in [0.5, 0.6) is 0 Å². The maximum Gasteiger partial charge on any atom is 0.174 e. The number of hydrogen-bond acceptors (Lipinski definition) is 5. The van der Waals surface area contributed by atoms with Gasteiger partial charge in [0.25, 0.3) is 0 Å². The summed E-state index contributed by atoms with van der Waals surface area (Å²) < 4.78 is 5.87. The third-order valence-corrected chi connectivity index (χ3v) is 4.18. The van der Waals surface area contributed by atoms with E-state index in [4.69, 9.17) is 5.26 Å². The number of aryl methyl sites for hydroxylation is 1. The van der Waals surface area contributed by atoms with Crippen LogP contribution in [0.1, 0.15) is 11.4 Å². The Balaban J connectivity index is 2.31. The fourth-order valence-electron chi connectivity index (χ4n) is 1.09. The molecule has 0 aliphatic heterocycles. The van der Waals surface area contributed by atoms with Gasteiger partial charge in [0, 0.05) is 9.37 Å². The highest BCUT2D eigenvalue weighted by Crippen LogP contribution is 2.32. The smallest absolute Gasteiger partial charge is 0.174 e. The van der Waals surface area contributed by atoms with Crippen molar-refractivity contribution in [3.63, 3.8) is 0 Å². The first-order chi connectivity index (χ1) is 7.69. The fourth-order valence-corrected chi connectivity index (χ4v) is 3.12. The van der Waals surface area contributed by atoms with E-state index in [1.54, 1.807) is 6.07 Å². The maximum absolute atomic E-state index is 9.01. The highest BCUT2D eigenvalue weighted by Gasteiger charge is 2.08. The number of nitrogens with zero attached hydrogens (tertiary/aromatic N) is 3. The quantitative estimate of drug-likeness (QED) is 0.849. The predicted octanol–water partition coefficient (Wildman–Crippen LogP) is 3.63. The minimum absolute atomic E-state index is 0.646. The summed E-state index contributed by atoms with van der Waals surface area (Å²) in [5.41, 5.74) is 0.646. The first-order valence-corrected chi connectivity index (χ1v) is 6.75. The van der Waals surface area contributed by atoms with Crippen LogP contribution in [0.3, 0.4) is 0 Å². The van der Waals surface area contributed by atoms with Crippen molar-refractivity contribution < 1.29 is 0 Å². The summed E-state index contributed by atoms with van der Waals surface area (Å²) in [5, 5.41) is 9.01. The highest BCUT2D eigenvalue weighted by molar-refractivity contribution is 9.10. The van der Waals surface area contributed by atoms with Crippen molar-refractivity contribution in [2.24, 2.45) is 0 Å². The molecule has 0 N–H and O–H groups in total. The summed E-state index contributed by atoms with van der Waals surface area (Å²) >= 11 is 6.16. The van der Waals surface area contributed by atoms with Gasteiger partial charge >= 0.3 is 0 Å². The Morgan fingerprint density at radius 3 is 2.94 bits per heavy atom. The van der Waals surface area contributed by atoms with Crippen LogP contribution >= 0.6 is 39.2 Å². The van der Waals surface area contributed by atoms with Gasteiger partial charge in [0.15, 0.2) is 4.34 Å². The summed E-state index contributed by atoms with van der Waals surface area (Å²) in [6, 6.07) is 7.79. The normalized spacial score (nSPS) is 10.1. The van der Waals surface area contributed by atoms with E-state index >= 15 is 0 Å². The number of hydrogen-bond donors (Lipinski definition) is 0. The summed E-state index contributed by atoms with van der Waals surface area (Å²) in [6.07, 6.45) is 0. The molecule has 0 amide bonds. The van der Waals surface area contributed by atoms with Crippen molar-refractivity contribution in [3.05, 3.63) is 34.1 Å². The average Bonchev–Trinajstić information content (AvgIpc) is 2.67. The number of rotatable bonds is 2. The van der Waals surface area contributed by atoms with Crippen LogP contribution in [-0.4, -0.2) is 9.36 Å². The van der Waals surface area contributed by atoms with Crippen molar-refractivity contribution in [2.75, 3.05) is 0 Å². The Morgan fingerprint density at radius 1 is 1.50 bits per heavy atom. The molecule has 0 spiro atoms. The van der Waals surface area contributed by atoms with E-state index in [1.807, 2.05) is 19.1 Å². The van der Waals surface area contributed by atoms with Gasteiger partial charge in [0.05, 0.1) is 5.56 Å². The first-order valence-electron chi connectivity index (χ1n) is 4.37. The van der Waals surface area contributed by atoms with Gasteiger partial charge in [-0.15, -0.1) is 0 Å². The van der Waals surface area contributed by atoms with Crippen LogP contribution in [0, 0.1) is 18.3 Å². The minimum Gasteiger partial charge on any atom is -0.213 e. The zero-order valence-corrected chi connectivity index (χ0v) is 11.5. The van der Waals surface area contributed by atoms with Gasteiger partial charge in [-0.25, -0.2) is 4.98 Å². The molecular formula is C10H6BrN3S2. The van der Waals surface area contributed by atoms with E-state index in [1.165, 1.54) is 23.3 Å². The monoisotopic (exact) mass is 311 g/mol. The van der Waals surface area contributed by atoms with Gasteiger partial charge in [-0.05, 0) is 36.7 Å². The molecule has 1 aromatic heterocycles. The van der Waals surface area contributed by atoms with E-state index in [0.717, 1.165) is 19.5 Å². The molecule has 0 aliphatic rings. The number of nitriles is 1. The van der Waals surface area contributed by atoms with Crippen LogP contribution in [0.4, 0.5) is 0 Å². The van der Waals surface area contributed by atoms with E-state index in [2.05, 4.69) is 31.4 Å². The average molecular weight is 312 g/mol. The van der Waals surface area contributed by atoms with E-state index in [9.17, 15) is 0 Å². The molecule has 2 rings (SSSR count). The van der Waals surface area contributed by atoms with Crippen LogP contribution < -0.4 is 0 Å². The molecule has 1 aromatic carbocycles. The zero-order chi connectivity index (χ0) is 11.5. The largest absolute Gasteiger partial charge is 0.213 e. The molecule has 0 bridgehead atoms. The van der Waals surface area contributed by atoms with Crippen molar-refractivity contribution in [3.8, 4) is 6.07 Å². The molecule has 0 atom stereocenters. The molecule has 0 radical (unpaired) electrons. The molecule has 6 heteroatoms. The third-order valence-electron chi connectivity index (χ3n) is 1.77. The Bertz CT molecular complexity index is 559. The SMILES string of the molecule is Cc1nsc(Sc2ccc(Br)cc2C#N)n1. The molecule has 0 saturated carbocycles. The second-order valence-electron chi connectivity index (χ2n) is 2.96. The van der Waals surface area contributed by atoms with Gasteiger partial charge < -0.3 is 0 Å². The van der Waals surface area contributed by atoms with Crippen LogP contribution in [0.2, 0.25) is 0 Å². The lowest BCUT2D eigenvalue weighted by molar-refractivity contribution is 1.10. The van der Waals surface area contributed by atoms with E-state index in [-0.39, 0.29) is 0 Å². The molecule has 0 unspecified atom stereocenters. The fraction of sp³-hybridized carbons (Fsp3) is 0.100. The molecule has 16 heavy (non-hydrogen) atoms. The summed E-state index contributed by atoms with van der Waals surface area (Å²) in [5.74, 6) is 0.767. The summed E-state index contributed by atoms with van der Waals surface area (Å²) in [4.78, 5) is 5.16. The Hall–Kier alpha value is -0.900.